The summed E-state index contributed by atoms with van der Waals surface area (Å²) in [5.74, 6) is -0.914. The third kappa shape index (κ3) is 6.97. The molecule has 1 rings (SSSR count). The fraction of sp³-hybridized carbons (Fsp3) is 0.467. The van der Waals surface area contributed by atoms with Crippen molar-refractivity contribution in [3.05, 3.63) is 29.8 Å². The summed E-state index contributed by atoms with van der Waals surface area (Å²) in [6.45, 7) is 2.39. The molecule has 8 nitrogen and oxygen atoms in total. The first kappa shape index (κ1) is 19.9. The van der Waals surface area contributed by atoms with Gasteiger partial charge in [-0.3, -0.25) is 4.79 Å². The average molecular weight is 357 g/mol. The summed E-state index contributed by atoms with van der Waals surface area (Å²) in [6, 6.07) is 6.10. The van der Waals surface area contributed by atoms with Gasteiger partial charge in [-0.2, -0.15) is 0 Å². The first-order valence-electron chi connectivity index (χ1n) is 7.49. The largest absolute Gasteiger partial charge is 0.481 e. The summed E-state index contributed by atoms with van der Waals surface area (Å²) in [4.78, 5) is 23.6. The van der Waals surface area contributed by atoms with Crippen LogP contribution in [0.5, 0.6) is 0 Å². The van der Waals surface area contributed by atoms with E-state index in [9.17, 15) is 18.0 Å². The first-order chi connectivity index (χ1) is 11.2. The number of aliphatic carboxylic acids is 1. The molecule has 9 heteroatoms. The standard InChI is InChI=1S/C15H23N3O5S/c1-12-5-7-13(8-6-12)24(22,23)17-10-11-18(2)15(21)16-9-3-4-14(19)20/h5-8,17H,3-4,9-11H2,1-2H3,(H,16,21)(H,19,20). The van der Waals surface area contributed by atoms with Gasteiger partial charge in [0.2, 0.25) is 10.0 Å². The third-order valence-electron chi connectivity index (χ3n) is 3.26. The van der Waals surface area contributed by atoms with Crippen molar-refractivity contribution in [2.75, 3.05) is 26.7 Å². The minimum atomic E-state index is -3.60. The van der Waals surface area contributed by atoms with Gasteiger partial charge in [-0.1, -0.05) is 17.7 Å². The number of rotatable bonds is 9. The van der Waals surface area contributed by atoms with Gasteiger partial charge in [0.1, 0.15) is 0 Å². The molecule has 0 bridgehead atoms. The number of sulfonamides is 1. The lowest BCUT2D eigenvalue weighted by Gasteiger charge is -2.18. The van der Waals surface area contributed by atoms with Crippen molar-refractivity contribution >= 4 is 22.0 Å². The van der Waals surface area contributed by atoms with Crippen LogP contribution in [-0.2, 0) is 14.8 Å². The summed E-state index contributed by atoms with van der Waals surface area (Å²) < 4.78 is 26.6. The molecule has 0 atom stereocenters. The lowest BCUT2D eigenvalue weighted by Crippen LogP contribution is -2.42. The van der Waals surface area contributed by atoms with Crippen LogP contribution in [0.3, 0.4) is 0 Å². The Labute approximate surface area is 141 Å². The molecule has 0 spiro atoms. The quantitative estimate of drug-likeness (QED) is 0.565. The fourth-order valence-corrected chi connectivity index (χ4v) is 2.84. The van der Waals surface area contributed by atoms with Crippen molar-refractivity contribution in [3.8, 4) is 0 Å². The van der Waals surface area contributed by atoms with E-state index in [4.69, 9.17) is 5.11 Å². The van der Waals surface area contributed by atoms with E-state index in [2.05, 4.69) is 10.0 Å². The Morgan fingerprint density at radius 1 is 1.17 bits per heavy atom. The number of aryl methyl sites for hydroxylation is 1. The molecular formula is C15H23N3O5S. The van der Waals surface area contributed by atoms with Crippen LogP contribution >= 0.6 is 0 Å². The van der Waals surface area contributed by atoms with Gasteiger partial charge in [0.25, 0.3) is 0 Å². The molecule has 0 saturated carbocycles. The van der Waals surface area contributed by atoms with Gasteiger partial charge < -0.3 is 15.3 Å². The van der Waals surface area contributed by atoms with Gasteiger partial charge in [-0.15, -0.1) is 0 Å². The van der Waals surface area contributed by atoms with Crippen LogP contribution < -0.4 is 10.0 Å². The Kier molecular flexibility index (Phi) is 7.66. The van der Waals surface area contributed by atoms with E-state index >= 15 is 0 Å². The van der Waals surface area contributed by atoms with Crippen molar-refractivity contribution < 1.29 is 23.1 Å². The van der Waals surface area contributed by atoms with Crippen molar-refractivity contribution in [2.24, 2.45) is 0 Å². The molecule has 0 fully saturated rings. The number of nitrogens with zero attached hydrogens (tertiary/aromatic N) is 1. The molecule has 24 heavy (non-hydrogen) atoms. The normalized spacial score (nSPS) is 11.1. The van der Waals surface area contributed by atoms with E-state index in [0.29, 0.717) is 6.42 Å². The van der Waals surface area contributed by atoms with Gasteiger partial charge in [0, 0.05) is 33.1 Å². The summed E-state index contributed by atoms with van der Waals surface area (Å²) in [5.41, 5.74) is 0.966. The molecule has 0 aliphatic rings. The smallest absolute Gasteiger partial charge is 0.317 e. The fourth-order valence-electron chi connectivity index (χ4n) is 1.82. The Bertz CT molecular complexity index is 658. The maximum atomic E-state index is 12.1. The predicted octanol–water partition coefficient (Wildman–Crippen LogP) is 0.780. The van der Waals surface area contributed by atoms with Crippen LogP contribution in [0.2, 0.25) is 0 Å². The highest BCUT2D eigenvalue weighted by Crippen LogP contribution is 2.09. The minimum Gasteiger partial charge on any atom is -0.481 e. The van der Waals surface area contributed by atoms with Crippen LogP contribution in [0, 0.1) is 6.92 Å². The highest BCUT2D eigenvalue weighted by atomic mass is 32.2. The minimum absolute atomic E-state index is 0.0135. The topological polar surface area (TPSA) is 116 Å². The number of carboxylic acid groups (broad SMARTS) is 1. The Hall–Kier alpha value is -2.13. The number of likely N-dealkylation sites (N-methyl/N-ethyl adjacent to an activating group) is 1. The number of hydrogen-bond donors (Lipinski definition) is 3. The summed E-state index contributed by atoms with van der Waals surface area (Å²) in [6.07, 6.45) is 0.329. The van der Waals surface area contributed by atoms with E-state index in [1.54, 1.807) is 12.1 Å². The zero-order chi connectivity index (χ0) is 18.2. The number of nitrogens with one attached hydrogen (secondary N) is 2. The lowest BCUT2D eigenvalue weighted by molar-refractivity contribution is -0.137. The Balaban J connectivity index is 2.36. The second-order valence-electron chi connectivity index (χ2n) is 5.36. The molecule has 1 aromatic rings. The Morgan fingerprint density at radius 2 is 1.79 bits per heavy atom. The van der Waals surface area contributed by atoms with E-state index in [-0.39, 0.29) is 37.0 Å². The highest BCUT2D eigenvalue weighted by Gasteiger charge is 2.14. The molecular weight excluding hydrogens is 334 g/mol. The van der Waals surface area contributed by atoms with Gasteiger partial charge in [0.05, 0.1) is 4.90 Å². The number of amides is 2. The molecule has 0 heterocycles. The van der Waals surface area contributed by atoms with Gasteiger partial charge in [0.15, 0.2) is 0 Å². The number of carbonyl (C=O) groups is 2. The van der Waals surface area contributed by atoms with E-state index in [1.165, 1.54) is 24.1 Å². The van der Waals surface area contributed by atoms with E-state index in [1.807, 2.05) is 6.92 Å². The zero-order valence-electron chi connectivity index (χ0n) is 13.8. The Morgan fingerprint density at radius 3 is 2.38 bits per heavy atom. The average Bonchev–Trinajstić information content (AvgIpc) is 2.51. The molecule has 0 aromatic heterocycles. The van der Waals surface area contributed by atoms with E-state index in [0.717, 1.165) is 5.56 Å². The molecule has 2 amide bonds. The number of benzene rings is 1. The van der Waals surface area contributed by atoms with Crippen molar-refractivity contribution in [1.82, 2.24) is 14.9 Å². The molecule has 0 unspecified atom stereocenters. The molecule has 3 N–H and O–H groups in total. The van der Waals surface area contributed by atoms with Gasteiger partial charge >= 0.3 is 12.0 Å². The maximum Gasteiger partial charge on any atom is 0.317 e. The molecule has 0 radical (unpaired) electrons. The molecule has 0 aliphatic heterocycles. The molecule has 134 valence electrons. The van der Waals surface area contributed by atoms with E-state index < -0.39 is 16.0 Å². The molecule has 0 aliphatic carbocycles. The lowest BCUT2D eigenvalue weighted by atomic mass is 10.2. The summed E-state index contributed by atoms with van der Waals surface area (Å²) >= 11 is 0. The second kappa shape index (κ2) is 9.24. The third-order valence-corrected chi connectivity index (χ3v) is 4.74. The SMILES string of the molecule is Cc1ccc(S(=O)(=O)NCCN(C)C(=O)NCCCC(=O)O)cc1. The van der Waals surface area contributed by atoms with Gasteiger partial charge in [-0.25, -0.2) is 17.9 Å². The van der Waals surface area contributed by atoms with Crippen LogP contribution in [0.1, 0.15) is 18.4 Å². The number of carbonyl (C=O) groups excluding carboxylic acids is 1. The molecule has 1 aromatic carbocycles. The van der Waals surface area contributed by atoms with Crippen molar-refractivity contribution in [2.45, 2.75) is 24.7 Å². The molecule has 0 saturated heterocycles. The van der Waals surface area contributed by atoms with Crippen LogP contribution in [0.25, 0.3) is 0 Å². The zero-order valence-corrected chi connectivity index (χ0v) is 14.6. The predicted molar refractivity (Wildman–Crippen MR) is 89.3 cm³/mol. The van der Waals surface area contributed by atoms with Crippen LogP contribution in [0.4, 0.5) is 4.79 Å². The van der Waals surface area contributed by atoms with Gasteiger partial charge in [-0.05, 0) is 25.5 Å². The summed E-state index contributed by atoms with van der Waals surface area (Å²) in [5, 5.41) is 11.1. The summed E-state index contributed by atoms with van der Waals surface area (Å²) in [7, 11) is -2.07. The maximum absolute atomic E-state index is 12.1. The first-order valence-corrected chi connectivity index (χ1v) is 8.98. The number of carboxylic acids is 1. The van der Waals surface area contributed by atoms with Crippen LogP contribution in [0.15, 0.2) is 29.2 Å². The number of urea groups is 1. The highest BCUT2D eigenvalue weighted by molar-refractivity contribution is 7.89. The van der Waals surface area contributed by atoms with Crippen molar-refractivity contribution in [3.63, 3.8) is 0 Å². The van der Waals surface area contributed by atoms with Crippen molar-refractivity contribution in [1.29, 1.82) is 0 Å². The van der Waals surface area contributed by atoms with Crippen LogP contribution in [-0.4, -0.2) is 57.1 Å². The number of hydrogen-bond acceptors (Lipinski definition) is 4. The monoisotopic (exact) mass is 357 g/mol. The second-order valence-corrected chi connectivity index (χ2v) is 7.13.